The third-order valence-electron chi connectivity index (χ3n) is 3.90. The number of rotatable bonds is 6. The van der Waals surface area contributed by atoms with Crippen LogP contribution < -0.4 is 10.1 Å². The van der Waals surface area contributed by atoms with Gasteiger partial charge in [-0.25, -0.2) is 0 Å². The molecule has 126 valence electrons. The molecule has 3 aromatic rings. The fraction of sp³-hybridized carbons (Fsp3) is 0.143. The lowest BCUT2D eigenvalue weighted by atomic mass is 10.1. The second-order valence-corrected chi connectivity index (χ2v) is 5.78. The average molecular weight is 332 g/mol. The van der Waals surface area contributed by atoms with E-state index < -0.39 is 0 Å². The van der Waals surface area contributed by atoms with Crippen molar-refractivity contribution in [3.8, 4) is 5.75 Å². The molecule has 1 amide bonds. The minimum Gasteiger partial charge on any atom is -0.489 e. The first-order valence-electron chi connectivity index (χ1n) is 8.20. The van der Waals surface area contributed by atoms with Crippen molar-refractivity contribution in [3.05, 3.63) is 95.8 Å². The Morgan fingerprint density at radius 2 is 1.80 bits per heavy atom. The molecule has 1 aromatic heterocycles. The van der Waals surface area contributed by atoms with Crippen LogP contribution in [-0.4, -0.2) is 10.9 Å². The van der Waals surface area contributed by atoms with Gasteiger partial charge in [-0.15, -0.1) is 0 Å². The summed E-state index contributed by atoms with van der Waals surface area (Å²) in [5.74, 6) is 0.544. The topological polar surface area (TPSA) is 51.2 Å². The van der Waals surface area contributed by atoms with Crippen LogP contribution >= 0.6 is 0 Å². The lowest BCUT2D eigenvalue weighted by Crippen LogP contribution is -2.26. The normalized spacial score (nSPS) is 11.6. The summed E-state index contributed by atoms with van der Waals surface area (Å²) in [6.45, 7) is 2.42. The van der Waals surface area contributed by atoms with Crippen LogP contribution in [0.1, 0.15) is 34.5 Å². The monoisotopic (exact) mass is 332 g/mol. The van der Waals surface area contributed by atoms with Gasteiger partial charge in [0.2, 0.25) is 0 Å². The summed E-state index contributed by atoms with van der Waals surface area (Å²) in [6, 6.07) is 20.9. The van der Waals surface area contributed by atoms with Gasteiger partial charge in [-0.2, -0.15) is 0 Å². The summed E-state index contributed by atoms with van der Waals surface area (Å²) < 4.78 is 5.78. The molecule has 0 saturated carbocycles. The van der Waals surface area contributed by atoms with Gasteiger partial charge in [0.15, 0.2) is 0 Å². The van der Waals surface area contributed by atoms with Crippen molar-refractivity contribution in [2.75, 3.05) is 0 Å². The maximum Gasteiger partial charge on any atom is 0.251 e. The van der Waals surface area contributed by atoms with Crippen LogP contribution in [0, 0.1) is 0 Å². The number of ether oxygens (including phenoxy) is 1. The largest absolute Gasteiger partial charge is 0.489 e. The molecule has 0 aliphatic carbocycles. The molecule has 0 aliphatic rings. The SMILES string of the molecule is C[C@@H](NC(=O)c1cccc(OCc2ccccc2)c1)c1ccncc1. The van der Waals surface area contributed by atoms with E-state index in [4.69, 9.17) is 4.74 Å². The van der Waals surface area contributed by atoms with Gasteiger partial charge >= 0.3 is 0 Å². The van der Waals surface area contributed by atoms with Crippen molar-refractivity contribution in [1.82, 2.24) is 10.3 Å². The van der Waals surface area contributed by atoms with Crippen LogP contribution in [0.4, 0.5) is 0 Å². The number of nitrogens with zero attached hydrogens (tertiary/aromatic N) is 1. The number of aromatic nitrogens is 1. The van der Waals surface area contributed by atoms with E-state index in [2.05, 4.69) is 10.3 Å². The highest BCUT2D eigenvalue weighted by Gasteiger charge is 2.12. The highest BCUT2D eigenvalue weighted by molar-refractivity contribution is 5.94. The van der Waals surface area contributed by atoms with Crippen LogP contribution in [0.15, 0.2) is 79.1 Å². The Morgan fingerprint density at radius 1 is 1.04 bits per heavy atom. The zero-order chi connectivity index (χ0) is 17.5. The maximum atomic E-state index is 12.5. The fourth-order valence-electron chi connectivity index (χ4n) is 2.48. The lowest BCUT2D eigenvalue weighted by molar-refractivity contribution is 0.0939. The Morgan fingerprint density at radius 3 is 2.56 bits per heavy atom. The summed E-state index contributed by atoms with van der Waals surface area (Å²) in [5.41, 5.74) is 2.68. The number of amides is 1. The van der Waals surface area contributed by atoms with Gasteiger partial charge in [-0.05, 0) is 48.4 Å². The molecule has 4 nitrogen and oxygen atoms in total. The van der Waals surface area contributed by atoms with Gasteiger partial charge in [0, 0.05) is 18.0 Å². The number of nitrogens with one attached hydrogen (secondary N) is 1. The second-order valence-electron chi connectivity index (χ2n) is 5.78. The zero-order valence-electron chi connectivity index (χ0n) is 14.1. The number of carbonyl (C=O) groups is 1. The highest BCUT2D eigenvalue weighted by Crippen LogP contribution is 2.17. The minimum absolute atomic E-state index is 0.0932. The van der Waals surface area contributed by atoms with E-state index >= 15 is 0 Å². The van der Waals surface area contributed by atoms with E-state index in [1.807, 2.05) is 61.5 Å². The second kappa shape index (κ2) is 8.11. The summed E-state index contributed by atoms with van der Waals surface area (Å²) in [6.07, 6.45) is 3.44. The lowest BCUT2D eigenvalue weighted by Gasteiger charge is -2.14. The molecule has 4 heteroatoms. The molecule has 2 aromatic carbocycles. The van der Waals surface area contributed by atoms with Crippen molar-refractivity contribution >= 4 is 5.91 Å². The smallest absolute Gasteiger partial charge is 0.251 e. The molecule has 0 fully saturated rings. The van der Waals surface area contributed by atoms with E-state index in [1.165, 1.54) is 0 Å². The molecule has 0 radical (unpaired) electrons. The van der Waals surface area contributed by atoms with Crippen molar-refractivity contribution in [1.29, 1.82) is 0 Å². The predicted molar refractivity (Wildman–Crippen MR) is 97.3 cm³/mol. The Bertz CT molecular complexity index is 820. The molecule has 1 heterocycles. The Hall–Kier alpha value is -3.14. The summed E-state index contributed by atoms with van der Waals surface area (Å²) >= 11 is 0. The van der Waals surface area contributed by atoms with Gasteiger partial charge in [-0.1, -0.05) is 36.4 Å². The number of pyridine rings is 1. The summed E-state index contributed by atoms with van der Waals surface area (Å²) in [7, 11) is 0. The number of benzene rings is 2. The van der Waals surface area contributed by atoms with E-state index in [9.17, 15) is 4.79 Å². The van der Waals surface area contributed by atoms with Crippen LogP contribution in [0.5, 0.6) is 5.75 Å². The van der Waals surface area contributed by atoms with E-state index in [-0.39, 0.29) is 11.9 Å². The Kier molecular flexibility index (Phi) is 5.42. The molecule has 1 N–H and O–H groups in total. The van der Waals surface area contributed by atoms with Gasteiger partial charge < -0.3 is 10.1 Å². The molecule has 1 atom stereocenters. The highest BCUT2D eigenvalue weighted by atomic mass is 16.5. The van der Waals surface area contributed by atoms with Gasteiger partial charge in [0.05, 0.1) is 6.04 Å². The molecule has 0 spiro atoms. The third kappa shape index (κ3) is 4.67. The van der Waals surface area contributed by atoms with E-state index in [1.54, 1.807) is 24.5 Å². The third-order valence-corrected chi connectivity index (χ3v) is 3.90. The Labute approximate surface area is 147 Å². The van der Waals surface area contributed by atoms with Crippen molar-refractivity contribution in [2.24, 2.45) is 0 Å². The molecule has 0 aliphatic heterocycles. The molecule has 0 saturated heterocycles. The van der Waals surface area contributed by atoms with Crippen LogP contribution in [0.25, 0.3) is 0 Å². The number of hydrogen-bond donors (Lipinski definition) is 1. The molecular weight excluding hydrogens is 312 g/mol. The van der Waals surface area contributed by atoms with E-state index in [0.29, 0.717) is 17.9 Å². The molecular formula is C21H20N2O2. The molecule has 3 rings (SSSR count). The van der Waals surface area contributed by atoms with Crippen molar-refractivity contribution in [3.63, 3.8) is 0 Å². The molecule has 0 bridgehead atoms. The van der Waals surface area contributed by atoms with E-state index in [0.717, 1.165) is 11.1 Å². The first-order valence-corrected chi connectivity index (χ1v) is 8.20. The average Bonchev–Trinajstić information content (AvgIpc) is 2.68. The quantitative estimate of drug-likeness (QED) is 0.738. The number of carbonyl (C=O) groups excluding carboxylic acids is 1. The molecule has 25 heavy (non-hydrogen) atoms. The van der Waals surface area contributed by atoms with Crippen LogP contribution in [0.3, 0.4) is 0 Å². The first-order chi connectivity index (χ1) is 12.2. The van der Waals surface area contributed by atoms with Crippen molar-refractivity contribution in [2.45, 2.75) is 19.6 Å². The van der Waals surface area contributed by atoms with Crippen LogP contribution in [0.2, 0.25) is 0 Å². The van der Waals surface area contributed by atoms with Gasteiger partial charge in [-0.3, -0.25) is 9.78 Å². The van der Waals surface area contributed by atoms with Gasteiger partial charge in [0.1, 0.15) is 12.4 Å². The predicted octanol–water partition coefficient (Wildman–Crippen LogP) is 4.15. The summed E-state index contributed by atoms with van der Waals surface area (Å²) in [5, 5.41) is 2.99. The Balaban J connectivity index is 1.63. The maximum absolute atomic E-state index is 12.5. The van der Waals surface area contributed by atoms with Crippen LogP contribution in [-0.2, 0) is 6.61 Å². The fourth-order valence-corrected chi connectivity index (χ4v) is 2.48. The van der Waals surface area contributed by atoms with Gasteiger partial charge in [0.25, 0.3) is 5.91 Å². The first kappa shape index (κ1) is 16.7. The zero-order valence-corrected chi connectivity index (χ0v) is 14.1. The minimum atomic E-state index is -0.130. The van der Waals surface area contributed by atoms with Crippen molar-refractivity contribution < 1.29 is 9.53 Å². The summed E-state index contributed by atoms with van der Waals surface area (Å²) in [4.78, 5) is 16.5. The molecule has 0 unspecified atom stereocenters. The standard InChI is InChI=1S/C21H20N2O2/c1-16(18-10-12-22-13-11-18)23-21(24)19-8-5-9-20(14-19)25-15-17-6-3-2-4-7-17/h2-14,16H,15H2,1H3,(H,23,24)/t16-/m1/s1. The number of hydrogen-bond acceptors (Lipinski definition) is 3.